The highest BCUT2D eigenvalue weighted by Gasteiger charge is 2.37. The predicted molar refractivity (Wildman–Crippen MR) is 119 cm³/mol. The second-order valence-corrected chi connectivity index (χ2v) is 10.8. The van der Waals surface area contributed by atoms with E-state index in [-0.39, 0.29) is 17.9 Å². The van der Waals surface area contributed by atoms with E-state index < -0.39 is 63.3 Å². The summed E-state index contributed by atoms with van der Waals surface area (Å²) in [6.07, 6.45) is -6.58. The largest absolute Gasteiger partial charge is 0.486 e. The van der Waals surface area contributed by atoms with Crippen LogP contribution in [0.5, 0.6) is 5.75 Å². The van der Waals surface area contributed by atoms with Crippen molar-refractivity contribution >= 4 is 27.6 Å². The van der Waals surface area contributed by atoms with Crippen molar-refractivity contribution in [2.24, 2.45) is 0 Å². The molecule has 0 saturated heterocycles. The first-order valence-electron chi connectivity index (χ1n) is 10.5. The van der Waals surface area contributed by atoms with E-state index in [0.29, 0.717) is 11.6 Å². The number of rotatable bonds is 6. The Kier molecular flexibility index (Phi) is 7.07. The third-order valence-electron chi connectivity index (χ3n) is 4.88. The Bertz CT molecular complexity index is 1240. The monoisotopic (exact) mass is 515 g/mol. The van der Waals surface area contributed by atoms with Gasteiger partial charge in [-0.1, -0.05) is 12.1 Å². The Hall–Kier alpha value is -3.28. The maximum absolute atomic E-state index is 13.4. The normalized spacial score (nSPS) is 16.3. The number of halogens is 3. The first-order chi connectivity index (χ1) is 16.1. The Morgan fingerprint density at radius 3 is 2.43 bits per heavy atom. The summed E-state index contributed by atoms with van der Waals surface area (Å²) in [7, 11) is -4.56. The number of aliphatic carboxylic acids is 1. The molecule has 1 heterocycles. The molecule has 0 fully saturated rings. The third kappa shape index (κ3) is 6.44. The zero-order valence-corrected chi connectivity index (χ0v) is 19.9. The van der Waals surface area contributed by atoms with Gasteiger partial charge in [-0.05, 0) is 56.7 Å². The average molecular weight is 516 g/mol. The van der Waals surface area contributed by atoms with Gasteiger partial charge in [0.2, 0.25) is 0 Å². The van der Waals surface area contributed by atoms with Crippen LogP contribution < -0.4 is 9.04 Å². The van der Waals surface area contributed by atoms with Gasteiger partial charge in [-0.3, -0.25) is 13.9 Å². The van der Waals surface area contributed by atoms with Crippen molar-refractivity contribution in [3.8, 4) is 5.75 Å². The van der Waals surface area contributed by atoms with Gasteiger partial charge in [0.05, 0.1) is 35.5 Å². The molecule has 1 atom stereocenters. The minimum atomic E-state index is -4.76. The molecule has 0 bridgehead atoms. The molecule has 8 nitrogen and oxygen atoms in total. The third-order valence-corrected chi connectivity index (χ3v) is 6.65. The molecule has 0 amide bonds. The van der Waals surface area contributed by atoms with Gasteiger partial charge in [0, 0.05) is 0 Å². The number of carbonyl (C=O) groups excluding carboxylic acids is 1. The van der Waals surface area contributed by atoms with Gasteiger partial charge < -0.3 is 14.6 Å². The number of hydrogen-bond acceptors (Lipinski definition) is 6. The van der Waals surface area contributed by atoms with Gasteiger partial charge >= 0.3 is 18.1 Å². The zero-order chi connectivity index (χ0) is 26.2. The zero-order valence-electron chi connectivity index (χ0n) is 19.1. The molecule has 1 aliphatic rings. The van der Waals surface area contributed by atoms with E-state index in [1.807, 2.05) is 0 Å². The number of carboxylic acids is 1. The van der Waals surface area contributed by atoms with E-state index in [4.69, 9.17) is 14.6 Å². The van der Waals surface area contributed by atoms with Gasteiger partial charge in [0.1, 0.15) is 17.5 Å². The highest BCUT2D eigenvalue weighted by molar-refractivity contribution is 7.92. The fourth-order valence-corrected chi connectivity index (χ4v) is 5.05. The number of anilines is 1. The number of ether oxygens (including phenoxy) is 2. The minimum absolute atomic E-state index is 0.0194. The van der Waals surface area contributed by atoms with Crippen LogP contribution >= 0.6 is 0 Å². The number of nitrogens with zero attached hydrogens (tertiary/aromatic N) is 1. The van der Waals surface area contributed by atoms with Gasteiger partial charge in [0.25, 0.3) is 10.0 Å². The standard InChI is InChI=1S/C23H24F3NO7S/c1-22(2,3)34-21(30)10-14-7-8-19-18(9-14)27(13-16(33-19)12-20(28)29)35(31,32)17-6-4-5-15(11-17)23(24,25)26/h4-9,11,16H,10,12-13H2,1-3H3,(H,28,29)/t16-/m0/s1. The number of alkyl halides is 3. The molecule has 1 N–H and O–H groups in total. The molecular formula is C23H24F3NO7S. The van der Waals surface area contributed by atoms with Crippen LogP contribution in [0.2, 0.25) is 0 Å². The topological polar surface area (TPSA) is 110 Å². The Labute approximate surface area is 200 Å². The van der Waals surface area contributed by atoms with Gasteiger partial charge in [-0.25, -0.2) is 8.42 Å². The van der Waals surface area contributed by atoms with Crippen LogP contribution in [0, 0.1) is 0 Å². The summed E-state index contributed by atoms with van der Waals surface area (Å²) in [4.78, 5) is 22.9. The molecule has 35 heavy (non-hydrogen) atoms. The van der Waals surface area contributed by atoms with Crippen molar-refractivity contribution in [3.05, 3.63) is 53.6 Å². The van der Waals surface area contributed by atoms with Crippen LogP contribution in [0.3, 0.4) is 0 Å². The lowest BCUT2D eigenvalue weighted by Gasteiger charge is -2.35. The van der Waals surface area contributed by atoms with E-state index in [0.717, 1.165) is 22.5 Å². The van der Waals surface area contributed by atoms with Crippen LogP contribution in [0.15, 0.2) is 47.4 Å². The second-order valence-electron chi connectivity index (χ2n) is 8.96. The number of benzene rings is 2. The van der Waals surface area contributed by atoms with Crippen molar-refractivity contribution in [1.29, 1.82) is 0 Å². The Balaban J connectivity index is 2.04. The van der Waals surface area contributed by atoms with Crippen molar-refractivity contribution in [1.82, 2.24) is 0 Å². The van der Waals surface area contributed by atoms with Crippen molar-refractivity contribution in [2.75, 3.05) is 10.8 Å². The van der Waals surface area contributed by atoms with Crippen LogP contribution in [0.4, 0.5) is 18.9 Å². The van der Waals surface area contributed by atoms with Gasteiger partial charge in [0.15, 0.2) is 0 Å². The molecule has 0 saturated carbocycles. The molecule has 0 radical (unpaired) electrons. The summed E-state index contributed by atoms with van der Waals surface area (Å²) >= 11 is 0. The summed E-state index contributed by atoms with van der Waals surface area (Å²) in [6, 6.07) is 7.51. The van der Waals surface area contributed by atoms with E-state index in [9.17, 15) is 31.2 Å². The molecule has 0 aliphatic carbocycles. The summed E-state index contributed by atoms with van der Waals surface area (Å²) in [5.74, 6) is -1.78. The smallest absolute Gasteiger partial charge is 0.416 e. The quantitative estimate of drug-likeness (QED) is 0.579. The summed E-state index contributed by atoms with van der Waals surface area (Å²) < 4.78 is 78.2. The lowest BCUT2D eigenvalue weighted by atomic mass is 10.1. The van der Waals surface area contributed by atoms with Crippen molar-refractivity contribution < 1.29 is 45.8 Å². The van der Waals surface area contributed by atoms with E-state index >= 15 is 0 Å². The minimum Gasteiger partial charge on any atom is -0.486 e. The number of carboxylic acid groups (broad SMARTS) is 1. The van der Waals surface area contributed by atoms with Crippen LogP contribution in [0.1, 0.15) is 38.3 Å². The van der Waals surface area contributed by atoms with Crippen molar-refractivity contribution in [2.45, 2.75) is 56.4 Å². The molecule has 190 valence electrons. The Morgan fingerprint density at radius 2 is 1.83 bits per heavy atom. The fourth-order valence-electron chi connectivity index (χ4n) is 3.50. The SMILES string of the molecule is CC(C)(C)OC(=O)Cc1ccc2c(c1)N(S(=O)(=O)c1cccc(C(F)(F)F)c1)C[C@H](CC(=O)O)O2. The highest BCUT2D eigenvalue weighted by atomic mass is 32.2. The Morgan fingerprint density at radius 1 is 1.14 bits per heavy atom. The lowest BCUT2D eigenvalue weighted by Crippen LogP contribution is -2.44. The fraction of sp³-hybridized carbons (Fsp3) is 0.391. The summed E-state index contributed by atoms with van der Waals surface area (Å²) in [5.41, 5.74) is -1.53. The first kappa shape index (κ1) is 26.3. The van der Waals surface area contributed by atoms with Crippen LogP contribution in [0.25, 0.3) is 0 Å². The molecule has 3 rings (SSSR count). The molecule has 2 aromatic rings. The number of fused-ring (bicyclic) bond motifs is 1. The molecule has 0 unspecified atom stereocenters. The molecule has 0 spiro atoms. The maximum atomic E-state index is 13.4. The highest BCUT2D eigenvalue weighted by Crippen LogP contribution is 2.39. The number of hydrogen-bond donors (Lipinski definition) is 1. The average Bonchev–Trinajstić information content (AvgIpc) is 2.71. The number of esters is 1. The van der Waals surface area contributed by atoms with E-state index in [2.05, 4.69) is 0 Å². The summed E-state index contributed by atoms with van der Waals surface area (Å²) in [5, 5.41) is 9.16. The number of carbonyl (C=O) groups is 2. The van der Waals surface area contributed by atoms with Gasteiger partial charge in [-0.2, -0.15) is 13.2 Å². The number of sulfonamides is 1. The molecular weight excluding hydrogens is 491 g/mol. The summed E-state index contributed by atoms with van der Waals surface area (Å²) in [6.45, 7) is 4.63. The molecule has 1 aliphatic heterocycles. The maximum Gasteiger partial charge on any atom is 0.416 e. The van der Waals surface area contributed by atoms with Gasteiger partial charge in [-0.15, -0.1) is 0 Å². The predicted octanol–water partition coefficient (Wildman–Crippen LogP) is 4.02. The molecule has 12 heteroatoms. The van der Waals surface area contributed by atoms with Crippen molar-refractivity contribution in [3.63, 3.8) is 0 Å². The molecule has 2 aromatic carbocycles. The molecule has 0 aromatic heterocycles. The van der Waals surface area contributed by atoms with Crippen LogP contribution in [-0.4, -0.2) is 43.7 Å². The first-order valence-corrected chi connectivity index (χ1v) is 11.9. The lowest BCUT2D eigenvalue weighted by molar-refractivity contribution is -0.154. The van der Waals surface area contributed by atoms with E-state index in [1.165, 1.54) is 18.2 Å². The second kappa shape index (κ2) is 9.40. The van der Waals surface area contributed by atoms with Crippen LogP contribution in [-0.2, 0) is 36.9 Å². The van der Waals surface area contributed by atoms with E-state index in [1.54, 1.807) is 20.8 Å².